The smallest absolute Gasteiger partial charge is 0.258 e. The number of amides is 5. The lowest BCUT2D eigenvalue weighted by Crippen LogP contribution is -2.58. The van der Waals surface area contributed by atoms with E-state index in [1.807, 2.05) is 53.9 Å². The molecule has 13 heteroatoms. The molecular formula is C37H43N5O7S. The van der Waals surface area contributed by atoms with Crippen LogP contribution in [0.25, 0.3) is 0 Å². The molecule has 2 aromatic carbocycles. The zero-order chi connectivity index (χ0) is 35.2. The van der Waals surface area contributed by atoms with Gasteiger partial charge in [-0.3, -0.25) is 24.0 Å². The van der Waals surface area contributed by atoms with Crippen LogP contribution in [0.2, 0.25) is 0 Å². The minimum Gasteiger partial charge on any atom is -0.484 e. The molecule has 2 bridgehead atoms. The van der Waals surface area contributed by atoms with Crippen LogP contribution in [0.5, 0.6) is 5.75 Å². The summed E-state index contributed by atoms with van der Waals surface area (Å²) in [5.41, 5.74) is 1.63. The van der Waals surface area contributed by atoms with Crippen LogP contribution in [0.15, 0.2) is 72.1 Å². The average Bonchev–Trinajstić information content (AvgIpc) is 3.58. The number of likely N-dealkylation sites (tertiary alicyclic amines) is 1. The van der Waals surface area contributed by atoms with Crippen molar-refractivity contribution in [3.05, 3.63) is 88.1 Å². The molecule has 5 atom stereocenters. The number of fused-ring (bicyclic) bond motifs is 4. The summed E-state index contributed by atoms with van der Waals surface area (Å²) < 4.78 is 5.83. The Morgan fingerprint density at radius 2 is 1.76 bits per heavy atom. The van der Waals surface area contributed by atoms with Crippen LogP contribution in [0.4, 0.5) is 0 Å². The van der Waals surface area contributed by atoms with Gasteiger partial charge >= 0.3 is 0 Å². The molecule has 1 saturated heterocycles. The quantitative estimate of drug-likeness (QED) is 0.292. The van der Waals surface area contributed by atoms with Crippen molar-refractivity contribution >= 4 is 40.9 Å². The summed E-state index contributed by atoms with van der Waals surface area (Å²) in [6.07, 6.45) is 1.01. The minimum atomic E-state index is -1.30. The summed E-state index contributed by atoms with van der Waals surface area (Å²) in [4.78, 5) is 72.1. The molecule has 2 fully saturated rings. The van der Waals surface area contributed by atoms with Crippen LogP contribution in [0.1, 0.15) is 41.7 Å². The fourth-order valence-corrected chi connectivity index (χ4v) is 7.25. The van der Waals surface area contributed by atoms with E-state index >= 15 is 0 Å². The largest absolute Gasteiger partial charge is 0.484 e. The molecule has 1 aliphatic carbocycles. The molecule has 6 rings (SSSR count). The Balaban J connectivity index is 1.32. The van der Waals surface area contributed by atoms with Gasteiger partial charge in [-0.25, -0.2) is 0 Å². The highest BCUT2D eigenvalue weighted by molar-refractivity contribution is 7.10. The lowest BCUT2D eigenvalue weighted by atomic mass is 9.93. The van der Waals surface area contributed by atoms with E-state index in [2.05, 4.69) is 16.0 Å². The van der Waals surface area contributed by atoms with Crippen molar-refractivity contribution in [3.8, 4) is 5.75 Å². The molecule has 3 heterocycles. The first kappa shape index (κ1) is 35.1. The van der Waals surface area contributed by atoms with Crippen LogP contribution in [0, 0.1) is 5.92 Å². The lowest BCUT2D eigenvalue weighted by Gasteiger charge is -2.30. The summed E-state index contributed by atoms with van der Waals surface area (Å²) in [6.45, 7) is 1.53. The van der Waals surface area contributed by atoms with Crippen LogP contribution in [-0.2, 0) is 36.8 Å². The average molecular weight is 702 g/mol. The summed E-state index contributed by atoms with van der Waals surface area (Å²) in [7, 11) is 0. The molecule has 0 spiro atoms. The van der Waals surface area contributed by atoms with Gasteiger partial charge in [-0.15, -0.1) is 11.3 Å². The maximum absolute atomic E-state index is 14.2. The number of rotatable bonds is 7. The molecule has 5 amide bonds. The van der Waals surface area contributed by atoms with Gasteiger partial charge in [-0.1, -0.05) is 48.5 Å². The number of benzene rings is 2. The lowest BCUT2D eigenvalue weighted by molar-refractivity contribution is -0.143. The van der Waals surface area contributed by atoms with Gasteiger partial charge in [0.05, 0.1) is 25.1 Å². The van der Waals surface area contributed by atoms with Crippen LogP contribution in [0.3, 0.4) is 0 Å². The molecule has 50 heavy (non-hydrogen) atoms. The van der Waals surface area contributed by atoms with E-state index in [4.69, 9.17) is 4.74 Å². The molecule has 1 aromatic heterocycles. The van der Waals surface area contributed by atoms with Crippen molar-refractivity contribution in [2.75, 3.05) is 32.8 Å². The van der Waals surface area contributed by atoms with Crippen molar-refractivity contribution in [2.24, 2.45) is 5.92 Å². The van der Waals surface area contributed by atoms with E-state index in [0.717, 1.165) is 28.8 Å². The second-order valence-electron chi connectivity index (χ2n) is 13.4. The summed E-state index contributed by atoms with van der Waals surface area (Å²) in [5, 5.41) is 21.1. The fourth-order valence-electron chi connectivity index (χ4n) is 6.55. The van der Waals surface area contributed by atoms with Gasteiger partial charge in [0.1, 0.15) is 17.8 Å². The Morgan fingerprint density at radius 1 is 0.960 bits per heavy atom. The third-order valence-electron chi connectivity index (χ3n) is 9.38. The highest BCUT2D eigenvalue weighted by Gasteiger charge is 2.39. The number of aliphatic hydroxyl groups excluding tert-OH is 1. The Labute approximate surface area is 295 Å². The maximum Gasteiger partial charge on any atom is 0.258 e. The van der Waals surface area contributed by atoms with Crippen LogP contribution in [-0.4, -0.2) is 101 Å². The van der Waals surface area contributed by atoms with Crippen molar-refractivity contribution in [2.45, 2.75) is 62.8 Å². The third-order valence-corrected chi connectivity index (χ3v) is 10.3. The molecule has 3 aromatic rings. The van der Waals surface area contributed by atoms with Crippen LogP contribution < -0.4 is 20.7 Å². The van der Waals surface area contributed by atoms with E-state index in [9.17, 15) is 29.1 Å². The van der Waals surface area contributed by atoms with Crippen LogP contribution >= 0.6 is 11.3 Å². The topological polar surface area (TPSA) is 157 Å². The van der Waals surface area contributed by atoms with Gasteiger partial charge in [0.15, 0.2) is 6.61 Å². The Bertz CT molecular complexity index is 1680. The predicted octanol–water partition coefficient (Wildman–Crippen LogP) is 1.63. The first-order valence-electron chi connectivity index (χ1n) is 17.1. The molecule has 2 aliphatic heterocycles. The molecule has 0 unspecified atom stereocenters. The number of nitrogens with zero attached hydrogens (tertiary/aromatic N) is 2. The molecule has 0 radical (unpaired) electrons. The Hall–Kier alpha value is -4.75. The normalized spacial score (nSPS) is 24.2. The molecule has 12 nitrogen and oxygen atoms in total. The van der Waals surface area contributed by atoms with Crippen molar-refractivity contribution in [1.29, 1.82) is 0 Å². The number of hydrogen-bond donors (Lipinski definition) is 4. The third kappa shape index (κ3) is 9.07. The number of carbonyl (C=O) groups is 5. The number of ether oxygens (including phenoxy) is 1. The first-order valence-corrected chi connectivity index (χ1v) is 17.9. The Morgan fingerprint density at radius 3 is 2.48 bits per heavy atom. The molecule has 264 valence electrons. The highest BCUT2D eigenvalue weighted by Crippen LogP contribution is 2.32. The van der Waals surface area contributed by atoms with Gasteiger partial charge in [0.25, 0.3) is 5.91 Å². The second kappa shape index (κ2) is 15.9. The number of nitrogens with one attached hydrogen (secondary N) is 3. The van der Waals surface area contributed by atoms with E-state index in [0.29, 0.717) is 12.3 Å². The number of aliphatic hydroxyl groups is 1. The van der Waals surface area contributed by atoms with Crippen molar-refractivity contribution in [3.63, 3.8) is 0 Å². The van der Waals surface area contributed by atoms with Gasteiger partial charge in [0.2, 0.25) is 23.6 Å². The standard InChI is InChI=1S/C37H43N5O7S/c1-23(43)35-37(48)42(18-25-12-13-25)21-32(44)38-30(15-24-7-3-2-4-8-24)36(47)39-31-20-41(34(46)17-28-11-6-14-50-28)19-29(31)26-9-5-10-27(16-26)49-22-33(45)40-35/h2-11,14,16,23,25,29-31,35,43H,12-13,15,17-22H2,1H3,(H,38,44)(H,39,47)(H,40,45)/t23-,29-,30+,31+,35+/m1/s1. The van der Waals surface area contributed by atoms with Crippen molar-refractivity contribution in [1.82, 2.24) is 25.8 Å². The van der Waals surface area contributed by atoms with E-state index in [1.54, 1.807) is 23.1 Å². The fraction of sp³-hybridized carbons (Fsp3) is 0.432. The zero-order valence-corrected chi connectivity index (χ0v) is 28.8. The zero-order valence-electron chi connectivity index (χ0n) is 28.0. The maximum atomic E-state index is 14.2. The van der Waals surface area contributed by atoms with E-state index < -0.39 is 54.5 Å². The van der Waals surface area contributed by atoms with E-state index in [-0.39, 0.29) is 50.2 Å². The Kier molecular flexibility index (Phi) is 11.1. The minimum absolute atomic E-state index is 0.0566. The second-order valence-corrected chi connectivity index (χ2v) is 14.4. The van der Waals surface area contributed by atoms with E-state index in [1.165, 1.54) is 23.2 Å². The predicted molar refractivity (Wildman–Crippen MR) is 186 cm³/mol. The molecule has 4 N–H and O–H groups in total. The first-order chi connectivity index (χ1) is 24.1. The summed E-state index contributed by atoms with van der Waals surface area (Å²) in [6, 6.07) is 17.5. The van der Waals surface area contributed by atoms with Gasteiger partial charge in [-0.05, 0) is 60.4 Å². The molecule has 1 saturated carbocycles. The number of thiophene rings is 1. The van der Waals surface area contributed by atoms with Gasteiger partial charge in [0, 0.05) is 36.9 Å². The number of hydrogen-bond acceptors (Lipinski definition) is 8. The molecule has 3 aliphatic rings. The number of carbonyl (C=O) groups excluding carboxylic acids is 5. The van der Waals surface area contributed by atoms with Gasteiger partial charge < -0.3 is 35.6 Å². The highest BCUT2D eigenvalue weighted by atomic mass is 32.1. The molecular weight excluding hydrogens is 659 g/mol. The SMILES string of the molecule is C[C@@H](O)[C@@H]1NC(=O)COc2cccc(c2)[C@H]2CN(C(=O)Cc3cccs3)C[C@@H]2NC(=O)[C@H](Cc2ccccc2)NC(=O)CN(CC2CC2)C1=O. The summed E-state index contributed by atoms with van der Waals surface area (Å²) in [5.74, 6) is -1.91. The monoisotopic (exact) mass is 701 g/mol. The van der Waals surface area contributed by atoms with Crippen molar-refractivity contribution < 1.29 is 33.8 Å². The summed E-state index contributed by atoms with van der Waals surface area (Å²) >= 11 is 1.51. The van der Waals surface area contributed by atoms with Gasteiger partial charge in [-0.2, -0.15) is 0 Å².